The van der Waals surface area contributed by atoms with Crippen molar-refractivity contribution in [3.05, 3.63) is 59.0 Å². The molecule has 1 heterocycles. The maximum Gasteiger partial charge on any atom is 0.416 e. The second-order valence-corrected chi connectivity index (χ2v) is 7.54. The summed E-state index contributed by atoms with van der Waals surface area (Å²) in [5, 5.41) is 20.2. The summed E-state index contributed by atoms with van der Waals surface area (Å²) >= 11 is 1.44. The number of benzene rings is 1. The Kier molecular flexibility index (Phi) is 6.37. The number of aliphatic hydroxyl groups is 1. The number of alkyl halides is 7. The standard InChI is InChI=1S/C17H12F6INO3/c1-27-14(12-3-2-4-28-12)15(24,8-25)13(26)9-5-10(16(18,19)20)7-11(6-9)17(21,22)23/h2-7,13-14,26H,1H3. The minimum Gasteiger partial charge on any atom is -0.466 e. The van der Waals surface area contributed by atoms with Crippen LogP contribution in [-0.4, -0.2) is 15.6 Å². The molecule has 1 N–H and O–H groups in total. The Morgan fingerprint density at radius 3 is 2.00 bits per heavy atom. The van der Waals surface area contributed by atoms with Crippen LogP contribution in [0.2, 0.25) is 0 Å². The molecule has 0 aliphatic heterocycles. The fourth-order valence-corrected chi connectivity index (χ4v) is 3.50. The van der Waals surface area contributed by atoms with Crippen LogP contribution in [0.5, 0.6) is 0 Å². The molecule has 0 aliphatic carbocycles. The summed E-state index contributed by atoms with van der Waals surface area (Å²) in [4.78, 5) is 0. The van der Waals surface area contributed by atoms with E-state index in [0.29, 0.717) is 12.1 Å². The molecule has 11 heteroatoms. The SMILES string of the molecule is COC(c1ccco1)C(I)(C#N)C(O)c1cc(C(F)(F)F)cc(C(F)(F)F)c1. The Labute approximate surface area is 168 Å². The molecule has 28 heavy (non-hydrogen) atoms. The van der Waals surface area contributed by atoms with E-state index in [1.807, 2.05) is 0 Å². The average molecular weight is 519 g/mol. The first-order valence-electron chi connectivity index (χ1n) is 7.48. The zero-order chi connectivity index (χ0) is 21.3. The summed E-state index contributed by atoms with van der Waals surface area (Å²) in [7, 11) is 1.16. The van der Waals surface area contributed by atoms with Gasteiger partial charge in [-0.25, -0.2) is 0 Å². The largest absolute Gasteiger partial charge is 0.466 e. The lowest BCUT2D eigenvalue weighted by atomic mass is 9.88. The van der Waals surface area contributed by atoms with E-state index in [2.05, 4.69) is 0 Å². The van der Waals surface area contributed by atoms with E-state index in [9.17, 15) is 36.7 Å². The average Bonchev–Trinajstić information content (AvgIpc) is 3.13. The molecule has 1 aromatic carbocycles. The Balaban J connectivity index is 2.62. The van der Waals surface area contributed by atoms with Crippen molar-refractivity contribution in [1.29, 1.82) is 5.26 Å². The van der Waals surface area contributed by atoms with E-state index in [1.165, 1.54) is 41.0 Å². The number of halogens is 7. The maximum absolute atomic E-state index is 13.1. The van der Waals surface area contributed by atoms with E-state index in [0.717, 1.165) is 7.11 Å². The molecule has 0 amide bonds. The van der Waals surface area contributed by atoms with Gasteiger partial charge in [-0.05, 0) is 35.9 Å². The lowest BCUT2D eigenvalue weighted by molar-refractivity contribution is -0.143. The second-order valence-electron chi connectivity index (χ2n) is 5.75. The fraction of sp³-hybridized carbons (Fsp3) is 0.353. The van der Waals surface area contributed by atoms with Crippen LogP contribution in [0.4, 0.5) is 26.3 Å². The van der Waals surface area contributed by atoms with Crippen molar-refractivity contribution >= 4 is 22.6 Å². The van der Waals surface area contributed by atoms with Crippen molar-refractivity contribution in [2.75, 3.05) is 7.11 Å². The lowest BCUT2D eigenvalue weighted by Gasteiger charge is -2.32. The molecular formula is C17H12F6INO3. The normalized spacial score (nSPS) is 16.9. The van der Waals surface area contributed by atoms with Crippen molar-refractivity contribution < 1.29 is 40.6 Å². The lowest BCUT2D eigenvalue weighted by Crippen LogP contribution is -2.36. The van der Waals surface area contributed by atoms with Crippen LogP contribution in [0.15, 0.2) is 41.0 Å². The third-order valence-electron chi connectivity index (χ3n) is 3.91. The number of ether oxygens (including phenoxy) is 1. The first-order chi connectivity index (χ1) is 12.8. The molecule has 4 nitrogen and oxygen atoms in total. The topological polar surface area (TPSA) is 66.4 Å². The van der Waals surface area contributed by atoms with Gasteiger partial charge < -0.3 is 14.3 Å². The van der Waals surface area contributed by atoms with Gasteiger partial charge in [-0.3, -0.25) is 0 Å². The van der Waals surface area contributed by atoms with E-state index in [-0.39, 0.29) is 11.8 Å². The fourth-order valence-electron chi connectivity index (χ4n) is 2.58. The molecule has 3 atom stereocenters. The molecule has 152 valence electrons. The molecule has 0 radical (unpaired) electrons. The number of rotatable bonds is 5. The molecule has 1 aromatic heterocycles. The van der Waals surface area contributed by atoms with Crippen LogP contribution in [-0.2, 0) is 17.1 Å². The minimum absolute atomic E-state index is 0.0577. The Hall–Kier alpha value is -1.78. The van der Waals surface area contributed by atoms with Crippen LogP contribution >= 0.6 is 22.6 Å². The quantitative estimate of drug-likeness (QED) is 0.325. The van der Waals surface area contributed by atoms with Gasteiger partial charge in [-0.15, -0.1) is 0 Å². The van der Waals surface area contributed by atoms with Crippen LogP contribution in [0.3, 0.4) is 0 Å². The maximum atomic E-state index is 13.1. The van der Waals surface area contributed by atoms with Crippen LogP contribution in [0, 0.1) is 11.3 Å². The molecule has 0 fully saturated rings. The van der Waals surface area contributed by atoms with Gasteiger partial charge in [0.25, 0.3) is 0 Å². The highest BCUT2D eigenvalue weighted by atomic mass is 127. The molecule has 0 spiro atoms. The van der Waals surface area contributed by atoms with E-state index >= 15 is 0 Å². The summed E-state index contributed by atoms with van der Waals surface area (Å²) in [6.45, 7) is 0. The molecule has 2 rings (SSSR count). The summed E-state index contributed by atoms with van der Waals surface area (Å²) in [6.07, 6.45) is -12.3. The van der Waals surface area contributed by atoms with E-state index < -0.39 is 44.7 Å². The third kappa shape index (κ3) is 4.44. The zero-order valence-electron chi connectivity index (χ0n) is 14.0. The smallest absolute Gasteiger partial charge is 0.416 e. The Morgan fingerprint density at radius 2 is 1.64 bits per heavy atom. The van der Waals surface area contributed by atoms with Gasteiger partial charge in [-0.2, -0.15) is 31.6 Å². The predicted octanol–water partition coefficient (Wildman–Crippen LogP) is 5.44. The number of hydrogen-bond donors (Lipinski definition) is 1. The molecule has 2 aromatic rings. The third-order valence-corrected chi connectivity index (χ3v) is 5.31. The molecular weight excluding hydrogens is 507 g/mol. The zero-order valence-corrected chi connectivity index (χ0v) is 16.1. The highest BCUT2D eigenvalue weighted by Crippen LogP contribution is 2.47. The van der Waals surface area contributed by atoms with Crippen LogP contribution in [0.1, 0.15) is 34.7 Å². The van der Waals surface area contributed by atoms with Gasteiger partial charge >= 0.3 is 12.4 Å². The molecule has 0 bridgehead atoms. The summed E-state index contributed by atoms with van der Waals surface area (Å²) < 4.78 is 86.7. The number of nitrogens with zero attached hydrogens (tertiary/aromatic N) is 1. The van der Waals surface area contributed by atoms with Crippen molar-refractivity contribution in [1.82, 2.24) is 0 Å². The molecule has 0 aliphatic rings. The summed E-state index contributed by atoms with van der Waals surface area (Å²) in [5.74, 6) is 0.0699. The van der Waals surface area contributed by atoms with E-state index in [1.54, 1.807) is 6.07 Å². The second kappa shape index (κ2) is 7.92. The minimum atomic E-state index is -5.09. The predicted molar refractivity (Wildman–Crippen MR) is 92.2 cm³/mol. The van der Waals surface area contributed by atoms with Crippen molar-refractivity contribution in [2.24, 2.45) is 0 Å². The van der Waals surface area contributed by atoms with E-state index in [4.69, 9.17) is 9.15 Å². The van der Waals surface area contributed by atoms with Crippen LogP contribution < -0.4 is 0 Å². The highest BCUT2D eigenvalue weighted by Gasteiger charge is 2.48. The van der Waals surface area contributed by atoms with Crippen molar-refractivity contribution in [3.63, 3.8) is 0 Å². The van der Waals surface area contributed by atoms with Gasteiger partial charge in [0.05, 0.1) is 23.5 Å². The van der Waals surface area contributed by atoms with Gasteiger partial charge in [0.2, 0.25) is 0 Å². The van der Waals surface area contributed by atoms with Gasteiger partial charge in [-0.1, -0.05) is 22.6 Å². The first kappa shape index (κ1) is 22.5. The monoisotopic (exact) mass is 519 g/mol. The number of methoxy groups -OCH3 is 1. The Morgan fingerprint density at radius 1 is 1.11 bits per heavy atom. The van der Waals surface area contributed by atoms with Gasteiger partial charge in [0, 0.05) is 7.11 Å². The van der Waals surface area contributed by atoms with Gasteiger partial charge in [0.1, 0.15) is 18.0 Å². The van der Waals surface area contributed by atoms with Crippen molar-refractivity contribution in [2.45, 2.75) is 28.0 Å². The molecule has 3 unspecified atom stereocenters. The first-order valence-corrected chi connectivity index (χ1v) is 8.56. The number of furan rings is 1. The van der Waals surface area contributed by atoms with Crippen molar-refractivity contribution in [3.8, 4) is 6.07 Å². The number of aliphatic hydroxyl groups excluding tert-OH is 1. The molecule has 0 saturated carbocycles. The summed E-state index contributed by atoms with van der Waals surface area (Å²) in [6, 6.07) is 5.27. The number of hydrogen-bond acceptors (Lipinski definition) is 4. The number of nitriles is 1. The van der Waals surface area contributed by atoms with Gasteiger partial charge in [0.15, 0.2) is 3.42 Å². The summed E-state index contributed by atoms with van der Waals surface area (Å²) in [5.41, 5.74) is -3.92. The van der Waals surface area contributed by atoms with Crippen LogP contribution in [0.25, 0.3) is 0 Å². The highest BCUT2D eigenvalue weighted by molar-refractivity contribution is 14.1. The Bertz CT molecular complexity index is 827. The molecule has 0 saturated heterocycles.